The van der Waals surface area contributed by atoms with Crippen LogP contribution in [-0.2, 0) is 4.79 Å². The van der Waals surface area contributed by atoms with Crippen molar-refractivity contribution in [3.8, 4) is 0 Å². The zero-order valence-electron chi connectivity index (χ0n) is 13.7. The molecule has 1 aliphatic rings. The van der Waals surface area contributed by atoms with Gasteiger partial charge in [-0.3, -0.25) is 4.79 Å². The molecular formula is C18H24N2O3. The third kappa shape index (κ3) is 3.55. The Morgan fingerprint density at radius 3 is 2.96 bits per heavy atom. The van der Waals surface area contributed by atoms with Gasteiger partial charge in [0.15, 0.2) is 11.5 Å². The van der Waals surface area contributed by atoms with Gasteiger partial charge in [-0.25, -0.2) is 4.98 Å². The molecule has 1 aromatic carbocycles. The van der Waals surface area contributed by atoms with Crippen LogP contribution in [0.1, 0.15) is 44.9 Å². The first-order chi connectivity index (χ1) is 11.0. The van der Waals surface area contributed by atoms with Crippen LogP contribution in [0.3, 0.4) is 0 Å². The number of aliphatic hydroxyl groups excluding tert-OH is 1. The van der Waals surface area contributed by atoms with Crippen LogP contribution in [0.15, 0.2) is 28.7 Å². The molecule has 2 atom stereocenters. The number of carbonyl (C=O) groups is 1. The summed E-state index contributed by atoms with van der Waals surface area (Å²) < 4.78 is 5.86. The lowest BCUT2D eigenvalue weighted by molar-refractivity contribution is -0.135. The van der Waals surface area contributed by atoms with E-state index in [4.69, 9.17) is 4.42 Å². The maximum absolute atomic E-state index is 12.4. The van der Waals surface area contributed by atoms with Gasteiger partial charge in [-0.15, -0.1) is 0 Å². The van der Waals surface area contributed by atoms with Crippen LogP contribution in [0.2, 0.25) is 0 Å². The molecule has 2 heterocycles. The molecule has 3 rings (SSSR count). The number of piperidine rings is 1. The number of para-hydroxylation sites is 2. The number of fused-ring (bicyclic) bond motifs is 1. The molecule has 0 spiro atoms. The van der Waals surface area contributed by atoms with E-state index in [0.29, 0.717) is 12.4 Å². The average Bonchev–Trinajstić information content (AvgIpc) is 2.99. The summed E-state index contributed by atoms with van der Waals surface area (Å²) >= 11 is 0. The zero-order valence-corrected chi connectivity index (χ0v) is 13.7. The Bertz CT molecular complexity index is 647. The van der Waals surface area contributed by atoms with Gasteiger partial charge in [0, 0.05) is 13.1 Å². The lowest BCUT2D eigenvalue weighted by Gasteiger charge is -2.32. The van der Waals surface area contributed by atoms with Crippen molar-refractivity contribution in [3.63, 3.8) is 0 Å². The van der Waals surface area contributed by atoms with Crippen molar-refractivity contribution in [1.29, 1.82) is 0 Å². The van der Waals surface area contributed by atoms with Crippen molar-refractivity contribution < 1.29 is 14.3 Å². The van der Waals surface area contributed by atoms with E-state index in [1.807, 2.05) is 43.0 Å². The first-order valence-corrected chi connectivity index (χ1v) is 8.36. The largest absolute Gasteiger partial charge is 0.440 e. The Balaban J connectivity index is 1.69. The van der Waals surface area contributed by atoms with Crippen LogP contribution in [0, 0.1) is 5.92 Å². The second kappa shape index (κ2) is 6.71. The number of amides is 1. The Morgan fingerprint density at radius 2 is 2.22 bits per heavy atom. The molecule has 5 heteroatoms. The van der Waals surface area contributed by atoms with Gasteiger partial charge in [0.05, 0.1) is 18.4 Å². The molecule has 0 saturated carbocycles. The number of nitrogens with zero attached hydrogens (tertiary/aromatic N) is 2. The molecule has 1 amide bonds. The molecule has 2 unspecified atom stereocenters. The van der Waals surface area contributed by atoms with Gasteiger partial charge >= 0.3 is 0 Å². The number of hydrogen-bond acceptors (Lipinski definition) is 4. The second-order valence-corrected chi connectivity index (χ2v) is 6.71. The Hall–Kier alpha value is -1.88. The monoisotopic (exact) mass is 316 g/mol. The van der Waals surface area contributed by atoms with Crippen molar-refractivity contribution in [2.75, 3.05) is 13.1 Å². The highest BCUT2D eigenvalue weighted by atomic mass is 16.3. The highest BCUT2D eigenvalue weighted by Gasteiger charge is 2.29. The van der Waals surface area contributed by atoms with Gasteiger partial charge in [-0.2, -0.15) is 0 Å². The molecule has 1 saturated heterocycles. The smallest absolute Gasteiger partial charge is 0.225 e. The second-order valence-electron chi connectivity index (χ2n) is 6.71. The number of hydrogen-bond donors (Lipinski definition) is 1. The Morgan fingerprint density at radius 1 is 1.43 bits per heavy atom. The van der Waals surface area contributed by atoms with Crippen molar-refractivity contribution in [2.45, 2.75) is 45.1 Å². The minimum Gasteiger partial charge on any atom is -0.440 e. The van der Waals surface area contributed by atoms with E-state index in [9.17, 15) is 9.90 Å². The van der Waals surface area contributed by atoms with Crippen molar-refractivity contribution in [2.24, 2.45) is 5.92 Å². The molecule has 0 radical (unpaired) electrons. The molecule has 23 heavy (non-hydrogen) atoms. The van der Waals surface area contributed by atoms with E-state index in [1.165, 1.54) is 0 Å². The molecule has 5 nitrogen and oxygen atoms in total. The highest BCUT2D eigenvalue weighted by Crippen LogP contribution is 2.29. The molecule has 1 aromatic heterocycles. The van der Waals surface area contributed by atoms with Crippen LogP contribution in [0.25, 0.3) is 11.1 Å². The van der Waals surface area contributed by atoms with Gasteiger partial charge in [0.25, 0.3) is 0 Å². The molecule has 0 bridgehead atoms. The normalized spacial score (nSPS) is 20.2. The van der Waals surface area contributed by atoms with Gasteiger partial charge in [-0.1, -0.05) is 26.0 Å². The van der Waals surface area contributed by atoms with E-state index in [1.54, 1.807) is 0 Å². The number of aromatic nitrogens is 1. The SMILES string of the molecule is CC(C)C(O)CC(=O)N1CCCC(c2nc3ccccc3o2)C1. The molecule has 124 valence electrons. The minimum atomic E-state index is -0.577. The predicted molar refractivity (Wildman–Crippen MR) is 88.0 cm³/mol. The van der Waals surface area contributed by atoms with Crippen LogP contribution >= 0.6 is 0 Å². The van der Waals surface area contributed by atoms with Crippen LogP contribution in [0.4, 0.5) is 0 Å². The fourth-order valence-electron chi connectivity index (χ4n) is 3.01. The van der Waals surface area contributed by atoms with E-state index >= 15 is 0 Å². The van der Waals surface area contributed by atoms with Gasteiger partial charge in [-0.05, 0) is 30.9 Å². The van der Waals surface area contributed by atoms with Gasteiger partial charge < -0.3 is 14.4 Å². The fraction of sp³-hybridized carbons (Fsp3) is 0.556. The number of oxazole rings is 1. The Kier molecular flexibility index (Phi) is 4.66. The summed E-state index contributed by atoms with van der Waals surface area (Å²) in [7, 11) is 0. The van der Waals surface area contributed by atoms with Gasteiger partial charge in [0.1, 0.15) is 5.52 Å². The lowest BCUT2D eigenvalue weighted by Crippen LogP contribution is -2.41. The molecule has 1 aliphatic heterocycles. The van der Waals surface area contributed by atoms with E-state index in [0.717, 1.165) is 30.5 Å². The number of carbonyl (C=O) groups excluding carboxylic acids is 1. The summed E-state index contributed by atoms with van der Waals surface area (Å²) in [6.07, 6.45) is 1.53. The molecule has 1 fully saturated rings. The number of rotatable bonds is 4. The van der Waals surface area contributed by atoms with E-state index in [2.05, 4.69) is 4.98 Å². The summed E-state index contributed by atoms with van der Waals surface area (Å²) in [4.78, 5) is 18.8. The quantitative estimate of drug-likeness (QED) is 0.942. The first kappa shape index (κ1) is 16.0. The highest BCUT2D eigenvalue weighted by molar-refractivity contribution is 5.77. The average molecular weight is 316 g/mol. The first-order valence-electron chi connectivity index (χ1n) is 8.36. The number of aliphatic hydroxyl groups is 1. The lowest BCUT2D eigenvalue weighted by atomic mass is 9.96. The summed E-state index contributed by atoms with van der Waals surface area (Å²) in [6.45, 7) is 5.22. The van der Waals surface area contributed by atoms with Crippen LogP contribution < -0.4 is 0 Å². The number of benzene rings is 1. The van der Waals surface area contributed by atoms with E-state index < -0.39 is 6.10 Å². The summed E-state index contributed by atoms with van der Waals surface area (Å²) in [6, 6.07) is 7.73. The third-order valence-electron chi connectivity index (χ3n) is 4.59. The summed E-state index contributed by atoms with van der Waals surface area (Å²) in [5.74, 6) is 0.966. The predicted octanol–water partition coefficient (Wildman–Crippen LogP) is 2.94. The minimum absolute atomic E-state index is 0.0204. The van der Waals surface area contributed by atoms with Crippen molar-refractivity contribution >= 4 is 17.0 Å². The maximum Gasteiger partial charge on any atom is 0.225 e. The van der Waals surface area contributed by atoms with Gasteiger partial charge in [0.2, 0.25) is 5.91 Å². The zero-order chi connectivity index (χ0) is 16.4. The summed E-state index contributed by atoms with van der Waals surface area (Å²) in [5, 5.41) is 9.93. The topological polar surface area (TPSA) is 66.6 Å². The standard InChI is InChI=1S/C18H24N2O3/c1-12(2)15(21)10-17(22)20-9-5-6-13(11-20)18-19-14-7-3-4-8-16(14)23-18/h3-4,7-8,12-13,15,21H,5-6,9-11H2,1-2H3. The summed E-state index contributed by atoms with van der Waals surface area (Å²) in [5.41, 5.74) is 1.65. The van der Waals surface area contributed by atoms with Crippen molar-refractivity contribution in [1.82, 2.24) is 9.88 Å². The molecular weight excluding hydrogens is 292 g/mol. The number of likely N-dealkylation sites (tertiary alicyclic amines) is 1. The van der Waals surface area contributed by atoms with Crippen LogP contribution in [-0.4, -0.2) is 40.1 Å². The van der Waals surface area contributed by atoms with E-state index in [-0.39, 0.29) is 24.2 Å². The third-order valence-corrected chi connectivity index (χ3v) is 4.59. The maximum atomic E-state index is 12.4. The Labute approximate surface area is 136 Å². The van der Waals surface area contributed by atoms with Crippen molar-refractivity contribution in [3.05, 3.63) is 30.2 Å². The molecule has 0 aliphatic carbocycles. The fourth-order valence-corrected chi connectivity index (χ4v) is 3.01. The molecule has 2 aromatic rings. The molecule has 1 N–H and O–H groups in total. The van der Waals surface area contributed by atoms with Crippen LogP contribution in [0.5, 0.6) is 0 Å².